The van der Waals surface area contributed by atoms with Gasteiger partial charge in [0.25, 0.3) is 0 Å². The molecule has 0 amide bonds. The summed E-state index contributed by atoms with van der Waals surface area (Å²) in [5, 5.41) is 11.3. The van der Waals surface area contributed by atoms with Gasteiger partial charge in [0.2, 0.25) is 0 Å². The molecular formula is C54H111BrMgO3. The molecule has 0 aromatic carbocycles. The van der Waals surface area contributed by atoms with E-state index in [9.17, 15) is 9.90 Å². The van der Waals surface area contributed by atoms with Gasteiger partial charge in [-0.3, -0.25) is 4.79 Å². The second-order valence-corrected chi connectivity index (χ2v) is 17.9. The van der Waals surface area contributed by atoms with Crippen LogP contribution in [-0.2, 0) is 9.53 Å². The van der Waals surface area contributed by atoms with E-state index in [2.05, 4.69) is 41.5 Å². The van der Waals surface area contributed by atoms with E-state index >= 15 is 0 Å². The summed E-state index contributed by atoms with van der Waals surface area (Å²) in [4.78, 5) is 10.6. The van der Waals surface area contributed by atoms with Crippen LogP contribution in [0.4, 0.5) is 0 Å². The summed E-state index contributed by atoms with van der Waals surface area (Å²) < 4.78 is 4.70. The molecule has 0 radical (unpaired) electrons. The molecule has 354 valence electrons. The van der Waals surface area contributed by atoms with E-state index in [1.54, 1.807) is 0 Å². The van der Waals surface area contributed by atoms with Gasteiger partial charge in [0, 0.05) is 6.42 Å². The molecule has 0 aromatic rings. The van der Waals surface area contributed by atoms with E-state index in [0.29, 0.717) is 13.0 Å². The number of halogens is 1. The molecule has 0 fully saturated rings. The first-order valence-corrected chi connectivity index (χ1v) is 26.6. The van der Waals surface area contributed by atoms with Crippen molar-refractivity contribution in [2.24, 2.45) is 0 Å². The number of rotatable bonds is 44. The van der Waals surface area contributed by atoms with Crippen LogP contribution < -0.4 is 17.0 Å². The molecule has 0 aliphatic carbocycles. The molecule has 0 aliphatic rings. The predicted molar refractivity (Wildman–Crippen MR) is 264 cm³/mol. The van der Waals surface area contributed by atoms with Crippen LogP contribution >= 0.6 is 0 Å². The number of hydrogen-bond donors (Lipinski definition) is 1. The number of hydrogen-bond acceptors (Lipinski definition) is 3. The molecule has 0 saturated carbocycles. The van der Waals surface area contributed by atoms with Crippen LogP contribution in [0.3, 0.4) is 0 Å². The van der Waals surface area contributed by atoms with Gasteiger partial charge in [-0.25, -0.2) is 0 Å². The number of aliphatic hydroxyl groups is 1. The SMILES string of the molecule is CCCCC(=O)OCC.CCCCCCCCCCCCCCC(O)(CCCC)CCCCCCCCCCCCCC.[Br-].[CH2-]CCCCCCCCCCCCC.[Mg+2]. The van der Waals surface area contributed by atoms with Crippen molar-refractivity contribution in [3.05, 3.63) is 6.92 Å². The van der Waals surface area contributed by atoms with Gasteiger partial charge >= 0.3 is 29.0 Å². The summed E-state index contributed by atoms with van der Waals surface area (Å²) in [5.41, 5.74) is -0.368. The van der Waals surface area contributed by atoms with Crippen molar-refractivity contribution in [1.29, 1.82) is 0 Å². The molecule has 3 nitrogen and oxygen atoms in total. The molecule has 5 heteroatoms. The Morgan fingerprint density at radius 1 is 0.390 bits per heavy atom. The third-order valence-corrected chi connectivity index (χ3v) is 11.9. The normalized spacial score (nSPS) is 10.8. The summed E-state index contributed by atoms with van der Waals surface area (Å²) in [6.07, 6.45) is 58.4. The van der Waals surface area contributed by atoms with Crippen molar-refractivity contribution in [2.45, 2.75) is 330 Å². The zero-order valence-electron chi connectivity index (χ0n) is 41.9. The van der Waals surface area contributed by atoms with Crippen LogP contribution in [0.25, 0.3) is 0 Å². The molecule has 0 bridgehead atoms. The fourth-order valence-corrected chi connectivity index (χ4v) is 7.87. The van der Waals surface area contributed by atoms with Gasteiger partial charge in [0.1, 0.15) is 0 Å². The van der Waals surface area contributed by atoms with E-state index in [1.165, 1.54) is 238 Å². The van der Waals surface area contributed by atoms with Crippen LogP contribution in [0, 0.1) is 6.92 Å². The Kier molecular flexibility index (Phi) is 73.3. The van der Waals surface area contributed by atoms with Gasteiger partial charge in [0.15, 0.2) is 0 Å². The van der Waals surface area contributed by atoms with Crippen molar-refractivity contribution >= 4 is 29.0 Å². The van der Waals surface area contributed by atoms with Crippen LogP contribution in [-0.4, -0.2) is 46.3 Å². The van der Waals surface area contributed by atoms with Crippen molar-refractivity contribution in [1.82, 2.24) is 0 Å². The minimum atomic E-state index is -0.368. The fraction of sp³-hybridized carbons (Fsp3) is 0.963. The second kappa shape index (κ2) is 63.0. The van der Waals surface area contributed by atoms with Crippen molar-refractivity contribution in [3.8, 4) is 0 Å². The molecule has 0 unspecified atom stereocenters. The largest absolute Gasteiger partial charge is 2.00 e. The van der Waals surface area contributed by atoms with Crippen molar-refractivity contribution in [2.75, 3.05) is 6.61 Å². The number of carbonyl (C=O) groups excluding carboxylic acids is 1. The van der Waals surface area contributed by atoms with Crippen LogP contribution in [0.2, 0.25) is 0 Å². The summed E-state index contributed by atoms with van der Waals surface area (Å²) in [6.45, 7) is 17.4. The summed E-state index contributed by atoms with van der Waals surface area (Å²) in [6, 6.07) is 0. The molecule has 0 atom stereocenters. The maximum absolute atomic E-state index is 11.3. The number of ether oxygens (including phenoxy) is 1. The Hall–Kier alpha value is 0.676. The van der Waals surface area contributed by atoms with Crippen LogP contribution in [0.5, 0.6) is 0 Å². The molecule has 0 heterocycles. The van der Waals surface area contributed by atoms with Gasteiger partial charge in [-0.1, -0.05) is 279 Å². The average molecular weight is 913 g/mol. The van der Waals surface area contributed by atoms with E-state index < -0.39 is 0 Å². The standard InChI is InChI=1S/C33H68O.C14H29.C7H14O2.BrH.Mg/c1-4-7-10-12-14-16-18-20-22-24-26-28-31-33(34,30-9-6-3)32-29-27-25-23-21-19-17-15-13-11-8-5-2;1-3-5-7-9-11-13-14-12-10-8-6-4-2;1-3-5-6-7(8)9-4-2;;/h34H,4-32H2,1-3H3;1,3-14H2,2H3;3-6H2,1-2H3;1H;/q;-1;;;+2/p-1. The molecular weight excluding hydrogens is 801 g/mol. The Balaban J connectivity index is -0.000000318. The minimum absolute atomic E-state index is 0. The average Bonchev–Trinajstić information content (AvgIpc) is 3.21. The minimum Gasteiger partial charge on any atom is -1.00 e. The monoisotopic (exact) mass is 911 g/mol. The van der Waals surface area contributed by atoms with E-state index in [0.717, 1.165) is 38.5 Å². The smallest absolute Gasteiger partial charge is 1.00 e. The third kappa shape index (κ3) is 65.4. The summed E-state index contributed by atoms with van der Waals surface area (Å²) in [5.74, 6) is -0.0700. The summed E-state index contributed by atoms with van der Waals surface area (Å²) in [7, 11) is 0. The summed E-state index contributed by atoms with van der Waals surface area (Å²) >= 11 is 0. The third-order valence-electron chi connectivity index (χ3n) is 11.9. The Morgan fingerprint density at radius 2 is 0.627 bits per heavy atom. The molecule has 0 aromatic heterocycles. The van der Waals surface area contributed by atoms with Gasteiger partial charge in [-0.2, -0.15) is 6.42 Å². The number of unbranched alkanes of at least 4 members (excludes halogenated alkanes) is 35. The Morgan fingerprint density at radius 3 is 0.881 bits per heavy atom. The topological polar surface area (TPSA) is 46.5 Å². The van der Waals surface area contributed by atoms with Gasteiger partial charge in [-0.05, 0) is 32.6 Å². The van der Waals surface area contributed by atoms with Crippen molar-refractivity contribution in [3.63, 3.8) is 0 Å². The van der Waals surface area contributed by atoms with Gasteiger partial charge < -0.3 is 33.7 Å². The molecule has 0 saturated heterocycles. The first-order chi connectivity index (χ1) is 27.9. The Labute approximate surface area is 401 Å². The number of esters is 1. The molecule has 0 aliphatic heterocycles. The van der Waals surface area contributed by atoms with E-state index in [-0.39, 0.29) is 51.6 Å². The molecule has 0 rings (SSSR count). The zero-order valence-corrected chi connectivity index (χ0v) is 44.9. The van der Waals surface area contributed by atoms with E-state index in [4.69, 9.17) is 4.74 Å². The maximum atomic E-state index is 11.3. The molecule has 1 N–H and O–H groups in total. The van der Waals surface area contributed by atoms with Gasteiger partial charge in [0.05, 0.1) is 12.2 Å². The van der Waals surface area contributed by atoms with Crippen LogP contribution in [0.15, 0.2) is 0 Å². The van der Waals surface area contributed by atoms with Crippen molar-refractivity contribution < 1.29 is 31.6 Å². The van der Waals surface area contributed by atoms with Crippen LogP contribution in [0.1, 0.15) is 324 Å². The first kappa shape index (κ1) is 68.7. The maximum Gasteiger partial charge on any atom is 2.00 e. The molecule has 0 spiro atoms. The predicted octanol–water partition coefficient (Wildman–Crippen LogP) is 16.0. The zero-order chi connectivity index (χ0) is 42.6. The Bertz CT molecular complexity index is 665. The molecule has 59 heavy (non-hydrogen) atoms. The number of carbonyl (C=O) groups is 1. The fourth-order valence-electron chi connectivity index (χ4n) is 7.87. The first-order valence-electron chi connectivity index (χ1n) is 26.6. The quantitative estimate of drug-likeness (QED) is 0.0287. The van der Waals surface area contributed by atoms with Gasteiger partial charge in [-0.15, -0.1) is 0 Å². The second-order valence-electron chi connectivity index (χ2n) is 17.9. The van der Waals surface area contributed by atoms with E-state index in [1.807, 2.05) is 6.92 Å².